The predicted molar refractivity (Wildman–Crippen MR) is 191 cm³/mol. The Bertz CT molecular complexity index is 871. The summed E-state index contributed by atoms with van der Waals surface area (Å²) in [5.41, 5.74) is 18.4. The summed E-state index contributed by atoms with van der Waals surface area (Å²) >= 11 is 0. The van der Waals surface area contributed by atoms with E-state index in [9.17, 15) is 0 Å². The van der Waals surface area contributed by atoms with Crippen LogP contribution in [0.5, 0.6) is 0 Å². The van der Waals surface area contributed by atoms with E-state index >= 15 is 0 Å². The predicted octanol–water partition coefficient (Wildman–Crippen LogP) is 5.53. The van der Waals surface area contributed by atoms with E-state index in [0.29, 0.717) is 11.8 Å². The maximum absolute atomic E-state index is 6.63. The molecule has 0 saturated carbocycles. The van der Waals surface area contributed by atoms with Gasteiger partial charge in [-0.3, -0.25) is 0 Å². The van der Waals surface area contributed by atoms with Crippen LogP contribution in [0.4, 0.5) is 0 Å². The molecule has 6 nitrogen and oxygen atoms in total. The number of nitrogens with two attached hydrogens (primary N) is 2. The van der Waals surface area contributed by atoms with Crippen LogP contribution >= 0.6 is 12.4 Å². The Balaban J connectivity index is 0.00000924. The van der Waals surface area contributed by atoms with Gasteiger partial charge in [0, 0.05) is 12.1 Å². The minimum Gasteiger partial charge on any atom is -0.327 e. The molecular weight excluding hydrogens is 552 g/mol. The lowest BCUT2D eigenvalue weighted by Gasteiger charge is -2.17. The van der Waals surface area contributed by atoms with Gasteiger partial charge in [-0.05, 0) is 138 Å². The summed E-state index contributed by atoms with van der Waals surface area (Å²) in [5.74, 6) is 1.43. The first-order valence-corrected chi connectivity index (χ1v) is 16.9. The number of halogens is 1. The van der Waals surface area contributed by atoms with Gasteiger partial charge >= 0.3 is 0 Å². The van der Waals surface area contributed by atoms with Crippen LogP contribution in [0.15, 0.2) is 48.5 Å². The third-order valence-electron chi connectivity index (χ3n) is 7.53. The lowest BCUT2D eigenvalue weighted by molar-refractivity contribution is 0.514. The summed E-state index contributed by atoms with van der Waals surface area (Å²) in [6.45, 7) is 17.6. The molecule has 2 aromatic carbocycles. The van der Waals surface area contributed by atoms with E-state index in [4.69, 9.17) is 11.5 Å². The van der Waals surface area contributed by atoms with Gasteiger partial charge in [0.15, 0.2) is 0 Å². The lowest BCUT2D eigenvalue weighted by Crippen LogP contribution is -2.27. The minimum atomic E-state index is 0. The van der Waals surface area contributed by atoms with Crippen LogP contribution in [0.1, 0.15) is 77.3 Å². The molecule has 0 fully saturated rings. The standard InChI is InChI=1S/C36H64N6.ClH/c1-29(2)27-41-20-10-18-39-16-8-14-35(37)25-31-22-32(24-34(23-31)33-12-6-5-7-13-33)26-36(38)15-9-17-40-19-11-21-42-28-30(3)4;/h5-7,12-13,22-24,29-30,35-36,39-42H,8-11,14-21,25-28,37-38H2,1-4H3;1H. The average Bonchev–Trinajstić information content (AvgIpc) is 2.95. The molecule has 2 atom stereocenters. The number of hydrogen-bond acceptors (Lipinski definition) is 6. The summed E-state index contributed by atoms with van der Waals surface area (Å²) in [6, 6.07) is 18.0. The second-order valence-corrected chi connectivity index (χ2v) is 13.0. The van der Waals surface area contributed by atoms with Crippen molar-refractivity contribution in [3.8, 4) is 11.1 Å². The van der Waals surface area contributed by atoms with E-state index in [1.165, 1.54) is 35.1 Å². The Morgan fingerprint density at radius 1 is 0.535 bits per heavy atom. The van der Waals surface area contributed by atoms with E-state index in [0.717, 1.165) is 90.9 Å². The summed E-state index contributed by atoms with van der Waals surface area (Å²) in [7, 11) is 0. The Morgan fingerprint density at radius 2 is 0.953 bits per heavy atom. The van der Waals surface area contributed by atoms with Crippen molar-refractivity contribution in [1.29, 1.82) is 0 Å². The molecule has 0 amide bonds. The number of hydrogen-bond donors (Lipinski definition) is 6. The van der Waals surface area contributed by atoms with Gasteiger partial charge < -0.3 is 32.7 Å². The largest absolute Gasteiger partial charge is 0.327 e. The van der Waals surface area contributed by atoms with Crippen LogP contribution < -0.4 is 32.7 Å². The van der Waals surface area contributed by atoms with Crippen LogP contribution in [-0.4, -0.2) is 64.4 Å². The fraction of sp³-hybridized carbons (Fsp3) is 0.667. The molecule has 8 N–H and O–H groups in total. The molecule has 2 unspecified atom stereocenters. The molecule has 0 aliphatic heterocycles. The topological polar surface area (TPSA) is 100 Å². The first-order chi connectivity index (χ1) is 20.3. The van der Waals surface area contributed by atoms with Crippen molar-refractivity contribution < 1.29 is 0 Å². The Labute approximate surface area is 270 Å². The maximum Gasteiger partial charge on any atom is 0.00798 e. The molecule has 0 bridgehead atoms. The van der Waals surface area contributed by atoms with E-state index in [2.05, 4.69) is 97.5 Å². The lowest BCUT2D eigenvalue weighted by atomic mass is 9.92. The highest BCUT2D eigenvalue weighted by atomic mass is 35.5. The fourth-order valence-corrected chi connectivity index (χ4v) is 5.29. The molecule has 0 aliphatic rings. The van der Waals surface area contributed by atoms with E-state index in [1.807, 2.05) is 0 Å². The van der Waals surface area contributed by atoms with Gasteiger partial charge in [-0.1, -0.05) is 76.2 Å². The van der Waals surface area contributed by atoms with Crippen molar-refractivity contribution in [2.24, 2.45) is 23.3 Å². The van der Waals surface area contributed by atoms with Crippen molar-refractivity contribution >= 4 is 12.4 Å². The van der Waals surface area contributed by atoms with Gasteiger partial charge in [0.1, 0.15) is 0 Å². The molecule has 246 valence electrons. The average molecular weight is 617 g/mol. The van der Waals surface area contributed by atoms with E-state index in [1.54, 1.807) is 0 Å². The molecule has 0 spiro atoms. The number of rotatable bonds is 25. The number of nitrogens with one attached hydrogen (secondary N) is 4. The van der Waals surface area contributed by atoms with Gasteiger partial charge in [0.25, 0.3) is 0 Å². The van der Waals surface area contributed by atoms with Crippen LogP contribution in [0.3, 0.4) is 0 Å². The Hall–Kier alpha value is -1.51. The highest BCUT2D eigenvalue weighted by Gasteiger charge is 2.11. The molecule has 7 heteroatoms. The molecule has 43 heavy (non-hydrogen) atoms. The molecule has 0 heterocycles. The Kier molecular flexibility index (Phi) is 22.8. The highest BCUT2D eigenvalue weighted by Crippen LogP contribution is 2.24. The van der Waals surface area contributed by atoms with Crippen LogP contribution in [-0.2, 0) is 12.8 Å². The monoisotopic (exact) mass is 616 g/mol. The highest BCUT2D eigenvalue weighted by molar-refractivity contribution is 5.85. The first-order valence-electron chi connectivity index (χ1n) is 16.9. The summed E-state index contributed by atoms with van der Waals surface area (Å²) in [5, 5.41) is 14.2. The van der Waals surface area contributed by atoms with Crippen molar-refractivity contribution in [3.63, 3.8) is 0 Å². The quantitative estimate of drug-likeness (QED) is 0.0821. The van der Waals surface area contributed by atoms with Gasteiger partial charge in [-0.25, -0.2) is 0 Å². The normalized spacial score (nSPS) is 12.9. The SMILES string of the molecule is CC(C)CNCCCNCCCC(N)Cc1cc(CC(N)CCCNCCCNCC(C)C)cc(-c2ccccc2)c1.Cl. The molecule has 2 rings (SSSR count). The van der Waals surface area contributed by atoms with E-state index in [-0.39, 0.29) is 24.5 Å². The first kappa shape index (κ1) is 39.5. The second kappa shape index (κ2) is 24.8. The van der Waals surface area contributed by atoms with Crippen molar-refractivity contribution in [3.05, 3.63) is 59.7 Å². The van der Waals surface area contributed by atoms with Crippen LogP contribution in [0.25, 0.3) is 11.1 Å². The summed E-state index contributed by atoms with van der Waals surface area (Å²) in [6.07, 6.45) is 8.42. The summed E-state index contributed by atoms with van der Waals surface area (Å²) in [4.78, 5) is 0. The zero-order chi connectivity index (χ0) is 30.4. The zero-order valence-corrected chi connectivity index (χ0v) is 28.6. The second-order valence-electron chi connectivity index (χ2n) is 13.0. The molecular formula is C36H65ClN6. The molecule has 0 saturated heterocycles. The fourth-order valence-electron chi connectivity index (χ4n) is 5.29. The molecule has 0 radical (unpaired) electrons. The maximum atomic E-state index is 6.63. The van der Waals surface area contributed by atoms with Gasteiger partial charge in [0.2, 0.25) is 0 Å². The van der Waals surface area contributed by atoms with Crippen molar-refractivity contribution in [2.75, 3.05) is 52.4 Å². The third kappa shape index (κ3) is 20.2. The van der Waals surface area contributed by atoms with Crippen molar-refractivity contribution in [1.82, 2.24) is 21.3 Å². The van der Waals surface area contributed by atoms with Gasteiger partial charge in [-0.15, -0.1) is 12.4 Å². The molecule has 0 aromatic heterocycles. The molecule has 2 aromatic rings. The molecule has 0 aliphatic carbocycles. The third-order valence-corrected chi connectivity index (χ3v) is 7.53. The zero-order valence-electron chi connectivity index (χ0n) is 27.8. The van der Waals surface area contributed by atoms with E-state index < -0.39 is 0 Å². The van der Waals surface area contributed by atoms with Crippen molar-refractivity contribution in [2.45, 2.75) is 91.1 Å². The minimum absolute atomic E-state index is 0. The van der Waals surface area contributed by atoms with Gasteiger partial charge in [0.05, 0.1) is 0 Å². The number of benzene rings is 2. The Morgan fingerprint density at radius 3 is 1.40 bits per heavy atom. The van der Waals surface area contributed by atoms with Crippen LogP contribution in [0, 0.1) is 11.8 Å². The summed E-state index contributed by atoms with van der Waals surface area (Å²) < 4.78 is 0. The van der Waals surface area contributed by atoms with Gasteiger partial charge in [-0.2, -0.15) is 0 Å². The van der Waals surface area contributed by atoms with Crippen LogP contribution in [0.2, 0.25) is 0 Å². The smallest absolute Gasteiger partial charge is 0.00798 e.